The van der Waals surface area contributed by atoms with E-state index < -0.39 is 11.7 Å². The molecule has 1 unspecified atom stereocenters. The quantitative estimate of drug-likeness (QED) is 0.880. The van der Waals surface area contributed by atoms with E-state index in [4.69, 9.17) is 10.5 Å². The molecule has 0 fully saturated rings. The lowest BCUT2D eigenvalue weighted by molar-refractivity contribution is 0.0524. The lowest BCUT2D eigenvalue weighted by Gasteiger charge is -2.20. The Morgan fingerprint density at radius 3 is 2.63 bits per heavy atom. The topological polar surface area (TPSA) is 64.3 Å². The maximum absolute atomic E-state index is 13.4. The van der Waals surface area contributed by atoms with Gasteiger partial charge in [0.25, 0.3) is 0 Å². The first-order valence-corrected chi connectivity index (χ1v) is 6.24. The molecule has 0 saturated heterocycles. The van der Waals surface area contributed by atoms with Crippen LogP contribution < -0.4 is 11.1 Å². The number of ether oxygens (including phenoxy) is 1. The Kier molecular flexibility index (Phi) is 5.30. The Morgan fingerprint density at radius 2 is 2.05 bits per heavy atom. The summed E-state index contributed by atoms with van der Waals surface area (Å²) < 4.78 is 18.5. The van der Waals surface area contributed by atoms with Crippen LogP contribution in [0, 0.1) is 5.82 Å². The highest BCUT2D eigenvalue weighted by molar-refractivity contribution is 5.67. The Bertz CT molecular complexity index is 430. The Hall–Kier alpha value is -1.62. The molecule has 0 aromatic heterocycles. The first kappa shape index (κ1) is 15.4. The number of hydrogen-bond donors (Lipinski definition) is 2. The third-order valence-electron chi connectivity index (χ3n) is 2.35. The van der Waals surface area contributed by atoms with Gasteiger partial charge in [0, 0.05) is 12.6 Å². The fourth-order valence-corrected chi connectivity index (χ4v) is 1.55. The molecule has 19 heavy (non-hydrogen) atoms. The number of rotatable bonds is 4. The summed E-state index contributed by atoms with van der Waals surface area (Å²) in [5.41, 5.74) is 5.85. The number of amides is 1. The Labute approximate surface area is 113 Å². The molecule has 1 aromatic rings. The van der Waals surface area contributed by atoms with Crippen molar-refractivity contribution >= 4 is 6.09 Å². The molecule has 106 valence electrons. The van der Waals surface area contributed by atoms with Crippen LogP contribution in [0.25, 0.3) is 0 Å². The van der Waals surface area contributed by atoms with Crippen molar-refractivity contribution in [3.05, 3.63) is 35.6 Å². The smallest absolute Gasteiger partial charge is 0.407 e. The van der Waals surface area contributed by atoms with E-state index in [0.717, 1.165) is 0 Å². The van der Waals surface area contributed by atoms with Crippen LogP contribution in [-0.4, -0.2) is 24.3 Å². The van der Waals surface area contributed by atoms with Crippen LogP contribution in [0.5, 0.6) is 0 Å². The van der Waals surface area contributed by atoms with Gasteiger partial charge in [-0.15, -0.1) is 0 Å². The van der Waals surface area contributed by atoms with E-state index >= 15 is 0 Å². The molecule has 0 spiro atoms. The minimum atomic E-state index is -0.542. The van der Waals surface area contributed by atoms with Gasteiger partial charge in [0.2, 0.25) is 0 Å². The molecule has 1 amide bonds. The summed E-state index contributed by atoms with van der Waals surface area (Å²) in [6.07, 6.45) is -0.154. The van der Waals surface area contributed by atoms with Gasteiger partial charge in [-0.25, -0.2) is 9.18 Å². The summed E-state index contributed by atoms with van der Waals surface area (Å²) in [6, 6.07) is 6.10. The van der Waals surface area contributed by atoms with Gasteiger partial charge in [-0.05, 0) is 38.8 Å². The van der Waals surface area contributed by atoms with E-state index in [2.05, 4.69) is 5.32 Å². The van der Waals surface area contributed by atoms with Crippen molar-refractivity contribution in [2.75, 3.05) is 6.54 Å². The highest BCUT2D eigenvalue weighted by Crippen LogP contribution is 2.09. The zero-order valence-electron chi connectivity index (χ0n) is 11.6. The number of halogens is 1. The van der Waals surface area contributed by atoms with Gasteiger partial charge < -0.3 is 15.8 Å². The largest absolute Gasteiger partial charge is 0.444 e. The molecule has 1 atom stereocenters. The molecule has 0 heterocycles. The SMILES string of the molecule is CC(C)(C)OC(=O)NCC(N)Cc1ccccc1F. The summed E-state index contributed by atoms with van der Waals surface area (Å²) in [7, 11) is 0. The van der Waals surface area contributed by atoms with Crippen LogP contribution in [0.15, 0.2) is 24.3 Å². The minimum absolute atomic E-state index is 0.239. The third-order valence-corrected chi connectivity index (χ3v) is 2.35. The fraction of sp³-hybridized carbons (Fsp3) is 0.500. The zero-order valence-corrected chi connectivity index (χ0v) is 11.6. The summed E-state index contributed by atoms with van der Waals surface area (Å²) in [5.74, 6) is -0.282. The van der Waals surface area contributed by atoms with Crippen molar-refractivity contribution in [3.63, 3.8) is 0 Å². The molecular weight excluding hydrogens is 247 g/mol. The second-order valence-electron chi connectivity index (χ2n) is 5.44. The molecule has 0 aliphatic rings. The molecule has 0 saturated carbocycles. The fourth-order valence-electron chi connectivity index (χ4n) is 1.55. The van der Waals surface area contributed by atoms with Gasteiger partial charge in [-0.3, -0.25) is 0 Å². The van der Waals surface area contributed by atoms with Crippen LogP contribution in [0.4, 0.5) is 9.18 Å². The van der Waals surface area contributed by atoms with Crippen molar-refractivity contribution in [2.45, 2.75) is 38.8 Å². The van der Waals surface area contributed by atoms with Crippen molar-refractivity contribution in [1.82, 2.24) is 5.32 Å². The van der Waals surface area contributed by atoms with Crippen molar-refractivity contribution in [3.8, 4) is 0 Å². The normalized spacial score (nSPS) is 12.9. The van der Waals surface area contributed by atoms with Crippen LogP contribution in [0.1, 0.15) is 26.3 Å². The number of benzene rings is 1. The van der Waals surface area contributed by atoms with Gasteiger partial charge in [-0.1, -0.05) is 18.2 Å². The number of alkyl carbamates (subject to hydrolysis) is 1. The summed E-state index contributed by atoms with van der Waals surface area (Å²) >= 11 is 0. The van der Waals surface area contributed by atoms with Gasteiger partial charge in [-0.2, -0.15) is 0 Å². The minimum Gasteiger partial charge on any atom is -0.444 e. The molecular formula is C14H21FN2O2. The number of carbonyl (C=O) groups excluding carboxylic acids is 1. The highest BCUT2D eigenvalue weighted by Gasteiger charge is 2.16. The monoisotopic (exact) mass is 268 g/mol. The average Bonchev–Trinajstić information content (AvgIpc) is 2.27. The first-order chi connectivity index (χ1) is 8.78. The van der Waals surface area contributed by atoms with E-state index in [1.54, 1.807) is 39.0 Å². The zero-order chi connectivity index (χ0) is 14.5. The lowest BCUT2D eigenvalue weighted by atomic mass is 10.1. The molecule has 1 aromatic carbocycles. The number of carbonyl (C=O) groups is 1. The summed E-state index contributed by atoms with van der Waals surface area (Å²) in [6.45, 7) is 5.59. The second kappa shape index (κ2) is 6.52. The van der Waals surface area contributed by atoms with Gasteiger partial charge in [0.1, 0.15) is 11.4 Å². The Morgan fingerprint density at radius 1 is 1.42 bits per heavy atom. The maximum atomic E-state index is 13.4. The molecule has 0 aliphatic carbocycles. The highest BCUT2D eigenvalue weighted by atomic mass is 19.1. The van der Waals surface area contributed by atoms with E-state index in [-0.39, 0.29) is 18.4 Å². The van der Waals surface area contributed by atoms with Crippen LogP contribution in [0.3, 0.4) is 0 Å². The van der Waals surface area contributed by atoms with Gasteiger partial charge >= 0.3 is 6.09 Å². The molecule has 0 bridgehead atoms. The third kappa shape index (κ3) is 6.20. The first-order valence-electron chi connectivity index (χ1n) is 6.24. The molecule has 1 rings (SSSR count). The second-order valence-corrected chi connectivity index (χ2v) is 5.44. The van der Waals surface area contributed by atoms with E-state index in [1.807, 2.05) is 0 Å². The maximum Gasteiger partial charge on any atom is 0.407 e. The molecule has 4 nitrogen and oxygen atoms in total. The molecule has 3 N–H and O–H groups in total. The van der Waals surface area contributed by atoms with Crippen molar-refractivity contribution < 1.29 is 13.9 Å². The predicted octanol–water partition coefficient (Wildman–Crippen LogP) is 2.22. The van der Waals surface area contributed by atoms with E-state index in [1.165, 1.54) is 6.07 Å². The number of hydrogen-bond acceptors (Lipinski definition) is 3. The van der Waals surface area contributed by atoms with Crippen molar-refractivity contribution in [1.29, 1.82) is 0 Å². The van der Waals surface area contributed by atoms with E-state index in [0.29, 0.717) is 12.0 Å². The lowest BCUT2D eigenvalue weighted by Crippen LogP contribution is -2.41. The number of nitrogens with two attached hydrogens (primary N) is 1. The van der Waals surface area contributed by atoms with Gasteiger partial charge in [0.05, 0.1) is 0 Å². The van der Waals surface area contributed by atoms with Crippen LogP contribution >= 0.6 is 0 Å². The van der Waals surface area contributed by atoms with E-state index in [9.17, 15) is 9.18 Å². The van der Waals surface area contributed by atoms with Crippen LogP contribution in [0.2, 0.25) is 0 Å². The molecule has 5 heteroatoms. The average molecular weight is 268 g/mol. The Balaban J connectivity index is 2.38. The summed E-state index contributed by atoms with van der Waals surface area (Å²) in [4.78, 5) is 11.4. The predicted molar refractivity (Wildman–Crippen MR) is 72.3 cm³/mol. The van der Waals surface area contributed by atoms with Gasteiger partial charge in [0.15, 0.2) is 0 Å². The van der Waals surface area contributed by atoms with Crippen molar-refractivity contribution in [2.24, 2.45) is 5.73 Å². The number of nitrogens with one attached hydrogen (secondary N) is 1. The molecule has 0 radical (unpaired) electrons. The van der Waals surface area contributed by atoms with Crippen LogP contribution in [-0.2, 0) is 11.2 Å². The standard InChI is InChI=1S/C14H21FN2O2/c1-14(2,3)19-13(18)17-9-11(16)8-10-6-4-5-7-12(10)15/h4-7,11H,8-9,16H2,1-3H3,(H,17,18). The molecule has 0 aliphatic heterocycles. The summed E-state index contributed by atoms with van der Waals surface area (Å²) in [5, 5.41) is 2.57.